The summed E-state index contributed by atoms with van der Waals surface area (Å²) in [6, 6.07) is 6.11. The van der Waals surface area contributed by atoms with Crippen molar-refractivity contribution in [1.29, 1.82) is 0 Å². The second-order valence-corrected chi connectivity index (χ2v) is 4.52. The van der Waals surface area contributed by atoms with Crippen LogP contribution in [0.1, 0.15) is 11.1 Å². The molecule has 0 aliphatic carbocycles. The van der Waals surface area contributed by atoms with E-state index >= 15 is 0 Å². The molecule has 0 atom stereocenters. The van der Waals surface area contributed by atoms with Crippen LogP contribution >= 0.6 is 0 Å². The highest BCUT2D eigenvalue weighted by Gasteiger charge is 2.10. The Balaban J connectivity index is 2.11. The van der Waals surface area contributed by atoms with Gasteiger partial charge in [0.05, 0.1) is 23.8 Å². The van der Waals surface area contributed by atoms with E-state index in [2.05, 4.69) is 10.1 Å². The third kappa shape index (κ3) is 1.64. The largest absolute Gasteiger partial charge is 0.369 e. The third-order valence-corrected chi connectivity index (χ3v) is 3.11. The second-order valence-electron chi connectivity index (χ2n) is 4.52. The zero-order valence-electron chi connectivity index (χ0n) is 10.5. The molecule has 2 heterocycles. The Morgan fingerprint density at radius 3 is 2.89 bits per heavy atom. The van der Waals surface area contributed by atoms with E-state index in [4.69, 9.17) is 5.73 Å². The Kier molecular flexibility index (Phi) is 2.33. The number of benzene rings is 1. The first kappa shape index (κ1) is 10.8. The smallest absolute Gasteiger partial charge is 0.201 e. The Bertz CT molecular complexity index is 707. The molecule has 0 radical (unpaired) electrons. The summed E-state index contributed by atoms with van der Waals surface area (Å²) in [7, 11) is 1.91. The summed E-state index contributed by atoms with van der Waals surface area (Å²) in [5, 5.41) is 4.17. The molecule has 3 rings (SSSR count). The molecular formula is C13H15N5. The van der Waals surface area contributed by atoms with E-state index in [1.807, 2.05) is 49.1 Å². The quantitative estimate of drug-likeness (QED) is 0.743. The molecular weight excluding hydrogens is 226 g/mol. The van der Waals surface area contributed by atoms with Crippen molar-refractivity contribution in [3.8, 4) is 0 Å². The van der Waals surface area contributed by atoms with Crippen LogP contribution in [0.2, 0.25) is 0 Å². The van der Waals surface area contributed by atoms with Gasteiger partial charge in [0.1, 0.15) is 0 Å². The van der Waals surface area contributed by atoms with Crippen LogP contribution < -0.4 is 5.73 Å². The van der Waals surface area contributed by atoms with E-state index in [-0.39, 0.29) is 0 Å². The molecule has 5 heteroatoms. The fourth-order valence-electron chi connectivity index (χ4n) is 2.21. The van der Waals surface area contributed by atoms with Crippen LogP contribution in [-0.4, -0.2) is 19.3 Å². The summed E-state index contributed by atoms with van der Waals surface area (Å²) in [5.74, 6) is 0.545. The third-order valence-electron chi connectivity index (χ3n) is 3.11. The van der Waals surface area contributed by atoms with Gasteiger partial charge in [-0.1, -0.05) is 12.1 Å². The second kappa shape index (κ2) is 3.87. The molecule has 0 fully saturated rings. The fourth-order valence-corrected chi connectivity index (χ4v) is 2.21. The predicted octanol–water partition coefficient (Wildman–Crippen LogP) is 1.71. The van der Waals surface area contributed by atoms with Gasteiger partial charge >= 0.3 is 0 Å². The molecule has 0 spiro atoms. The van der Waals surface area contributed by atoms with E-state index in [0.29, 0.717) is 12.5 Å². The first-order valence-electron chi connectivity index (χ1n) is 5.84. The van der Waals surface area contributed by atoms with Gasteiger partial charge in [0.15, 0.2) is 0 Å². The zero-order chi connectivity index (χ0) is 12.7. The number of hydrogen-bond acceptors (Lipinski definition) is 3. The van der Waals surface area contributed by atoms with E-state index in [1.54, 1.807) is 4.68 Å². The van der Waals surface area contributed by atoms with E-state index < -0.39 is 0 Å². The van der Waals surface area contributed by atoms with Crippen LogP contribution in [0, 0.1) is 6.92 Å². The van der Waals surface area contributed by atoms with Crippen molar-refractivity contribution in [1.82, 2.24) is 19.3 Å². The van der Waals surface area contributed by atoms with Crippen molar-refractivity contribution in [2.75, 3.05) is 5.73 Å². The SMILES string of the molecule is Cc1cccc2c1nc(N)n2Cc1cnn(C)c1. The fraction of sp³-hybridized carbons (Fsp3) is 0.231. The topological polar surface area (TPSA) is 61.7 Å². The standard InChI is InChI=1S/C13H15N5/c1-9-4-3-5-11-12(9)16-13(14)18(11)8-10-6-15-17(2)7-10/h3-7H,8H2,1-2H3,(H2,14,16). The van der Waals surface area contributed by atoms with Gasteiger partial charge < -0.3 is 10.3 Å². The molecule has 0 aliphatic heterocycles. The van der Waals surface area contributed by atoms with Gasteiger partial charge in [-0.25, -0.2) is 4.98 Å². The molecule has 2 N–H and O–H groups in total. The molecule has 0 saturated carbocycles. The average molecular weight is 241 g/mol. The number of fused-ring (bicyclic) bond motifs is 1. The molecule has 0 aliphatic rings. The van der Waals surface area contributed by atoms with Crippen LogP contribution in [0.3, 0.4) is 0 Å². The number of nitrogens with two attached hydrogens (primary N) is 1. The number of nitrogen functional groups attached to an aromatic ring is 1. The van der Waals surface area contributed by atoms with Gasteiger partial charge in [0.2, 0.25) is 5.95 Å². The minimum atomic E-state index is 0.545. The maximum absolute atomic E-state index is 6.00. The molecule has 0 amide bonds. The number of imidazole rings is 1. The molecule has 18 heavy (non-hydrogen) atoms. The number of rotatable bonds is 2. The minimum Gasteiger partial charge on any atom is -0.369 e. The van der Waals surface area contributed by atoms with Crippen LogP contribution in [0.25, 0.3) is 11.0 Å². The van der Waals surface area contributed by atoms with E-state index in [9.17, 15) is 0 Å². The zero-order valence-corrected chi connectivity index (χ0v) is 10.5. The summed E-state index contributed by atoms with van der Waals surface area (Å²) in [4.78, 5) is 4.43. The number of aryl methyl sites for hydroxylation is 2. The molecule has 92 valence electrons. The van der Waals surface area contributed by atoms with Gasteiger partial charge in [-0.05, 0) is 18.6 Å². The number of para-hydroxylation sites is 1. The van der Waals surface area contributed by atoms with Gasteiger partial charge in [0.25, 0.3) is 0 Å². The average Bonchev–Trinajstić information content (AvgIpc) is 2.87. The highest BCUT2D eigenvalue weighted by molar-refractivity contribution is 5.81. The van der Waals surface area contributed by atoms with Crippen LogP contribution in [0.4, 0.5) is 5.95 Å². The molecule has 3 aromatic rings. The monoisotopic (exact) mass is 241 g/mol. The Morgan fingerprint density at radius 2 is 2.17 bits per heavy atom. The van der Waals surface area contributed by atoms with Crippen molar-refractivity contribution >= 4 is 17.0 Å². The van der Waals surface area contributed by atoms with Gasteiger partial charge in [-0.15, -0.1) is 0 Å². The van der Waals surface area contributed by atoms with Crippen molar-refractivity contribution in [2.45, 2.75) is 13.5 Å². The van der Waals surface area contributed by atoms with Crippen molar-refractivity contribution < 1.29 is 0 Å². The maximum Gasteiger partial charge on any atom is 0.201 e. The lowest BCUT2D eigenvalue weighted by atomic mass is 10.2. The molecule has 0 unspecified atom stereocenters. The number of hydrogen-bond donors (Lipinski definition) is 1. The lowest BCUT2D eigenvalue weighted by Crippen LogP contribution is -2.03. The molecule has 1 aromatic carbocycles. The van der Waals surface area contributed by atoms with Gasteiger partial charge in [-0.2, -0.15) is 5.10 Å². The highest BCUT2D eigenvalue weighted by atomic mass is 15.2. The molecule has 5 nitrogen and oxygen atoms in total. The summed E-state index contributed by atoms with van der Waals surface area (Å²) >= 11 is 0. The van der Waals surface area contributed by atoms with Crippen LogP contribution in [0.5, 0.6) is 0 Å². The summed E-state index contributed by atoms with van der Waals surface area (Å²) in [6.45, 7) is 2.74. The maximum atomic E-state index is 6.00. The van der Waals surface area contributed by atoms with E-state index in [0.717, 1.165) is 22.2 Å². The van der Waals surface area contributed by atoms with E-state index in [1.165, 1.54) is 0 Å². The lowest BCUT2D eigenvalue weighted by molar-refractivity contribution is 0.765. The van der Waals surface area contributed by atoms with Crippen molar-refractivity contribution in [2.24, 2.45) is 7.05 Å². The lowest BCUT2D eigenvalue weighted by Gasteiger charge is -2.04. The Hall–Kier alpha value is -2.30. The van der Waals surface area contributed by atoms with Crippen LogP contribution in [0.15, 0.2) is 30.6 Å². The predicted molar refractivity (Wildman–Crippen MR) is 71.2 cm³/mol. The van der Waals surface area contributed by atoms with Crippen LogP contribution in [-0.2, 0) is 13.6 Å². The highest BCUT2D eigenvalue weighted by Crippen LogP contribution is 2.21. The van der Waals surface area contributed by atoms with Gasteiger partial charge in [0, 0.05) is 18.8 Å². The minimum absolute atomic E-state index is 0.545. The van der Waals surface area contributed by atoms with Crippen molar-refractivity contribution in [3.63, 3.8) is 0 Å². The Morgan fingerprint density at radius 1 is 1.33 bits per heavy atom. The first-order chi connectivity index (χ1) is 8.65. The van der Waals surface area contributed by atoms with Crippen molar-refractivity contribution in [3.05, 3.63) is 41.7 Å². The Labute approximate surface area is 105 Å². The first-order valence-corrected chi connectivity index (χ1v) is 5.84. The molecule has 0 saturated heterocycles. The number of anilines is 1. The summed E-state index contributed by atoms with van der Waals surface area (Å²) in [5.41, 5.74) is 10.3. The number of aromatic nitrogens is 4. The summed E-state index contributed by atoms with van der Waals surface area (Å²) < 4.78 is 3.80. The number of nitrogens with zero attached hydrogens (tertiary/aromatic N) is 4. The molecule has 2 aromatic heterocycles. The normalized spacial score (nSPS) is 11.2. The molecule has 0 bridgehead atoms. The summed E-state index contributed by atoms with van der Waals surface area (Å²) in [6.07, 6.45) is 3.84. The van der Waals surface area contributed by atoms with Gasteiger partial charge in [-0.3, -0.25) is 4.68 Å².